The van der Waals surface area contributed by atoms with E-state index in [1.54, 1.807) is 12.4 Å². The van der Waals surface area contributed by atoms with Crippen LogP contribution in [0, 0.1) is 12.8 Å². The number of carbonyl (C=O) groups excluding carboxylic acids is 1. The summed E-state index contributed by atoms with van der Waals surface area (Å²) in [5, 5.41) is 9.67. The molecule has 1 saturated carbocycles. The second-order valence-corrected chi connectivity index (χ2v) is 10.0. The summed E-state index contributed by atoms with van der Waals surface area (Å²) in [7, 11) is 0. The lowest BCUT2D eigenvalue weighted by atomic mass is 10.1. The average molecular weight is 484 g/mol. The van der Waals surface area contributed by atoms with Crippen molar-refractivity contribution >= 4 is 17.7 Å². The van der Waals surface area contributed by atoms with E-state index >= 15 is 0 Å². The molecule has 0 N–H and O–H groups in total. The molecule has 0 spiro atoms. The van der Waals surface area contributed by atoms with E-state index in [2.05, 4.69) is 65.4 Å². The Labute approximate surface area is 210 Å². The van der Waals surface area contributed by atoms with Crippen molar-refractivity contribution in [1.82, 2.24) is 24.6 Å². The molecule has 1 aliphatic rings. The van der Waals surface area contributed by atoms with Gasteiger partial charge in [-0.25, -0.2) is 0 Å². The van der Waals surface area contributed by atoms with Gasteiger partial charge in [-0.05, 0) is 62.4 Å². The molecule has 7 heteroatoms. The van der Waals surface area contributed by atoms with Crippen LogP contribution in [0.1, 0.15) is 30.9 Å². The van der Waals surface area contributed by atoms with Crippen LogP contribution in [0.4, 0.5) is 0 Å². The van der Waals surface area contributed by atoms with Gasteiger partial charge in [-0.3, -0.25) is 14.3 Å². The van der Waals surface area contributed by atoms with Crippen LogP contribution in [0.3, 0.4) is 0 Å². The van der Waals surface area contributed by atoms with Crippen LogP contribution < -0.4 is 0 Å². The molecule has 2 aromatic carbocycles. The van der Waals surface area contributed by atoms with Gasteiger partial charge in [-0.2, -0.15) is 0 Å². The number of aromatic nitrogens is 4. The minimum atomic E-state index is 0.127. The van der Waals surface area contributed by atoms with Crippen molar-refractivity contribution in [3.05, 3.63) is 90.3 Å². The van der Waals surface area contributed by atoms with Gasteiger partial charge in [0.15, 0.2) is 11.0 Å². The van der Waals surface area contributed by atoms with Gasteiger partial charge in [0, 0.05) is 36.2 Å². The number of hydrogen-bond donors (Lipinski definition) is 0. The Morgan fingerprint density at radius 3 is 2.43 bits per heavy atom. The van der Waals surface area contributed by atoms with Crippen molar-refractivity contribution in [2.24, 2.45) is 5.92 Å². The molecule has 1 unspecified atom stereocenters. The number of nitrogens with zero attached hydrogens (tertiary/aromatic N) is 5. The first-order valence-electron chi connectivity index (χ1n) is 12.0. The van der Waals surface area contributed by atoms with Gasteiger partial charge in [0.25, 0.3) is 0 Å². The molecule has 1 aliphatic carbocycles. The summed E-state index contributed by atoms with van der Waals surface area (Å²) in [6.45, 7) is 4.88. The smallest absolute Gasteiger partial charge is 0.233 e. The average Bonchev–Trinajstić information content (AvgIpc) is 3.66. The molecule has 0 saturated heterocycles. The largest absolute Gasteiger partial charge is 0.335 e. The molecule has 1 amide bonds. The minimum Gasteiger partial charge on any atom is -0.335 e. The molecule has 1 atom stereocenters. The first kappa shape index (κ1) is 23.3. The SMILES string of the molecule is Cc1ccc(-n2c(SCC(=O)N(Cc3ccccc3)C(C)C3CC3)nnc2-c2ccncc2)cc1. The van der Waals surface area contributed by atoms with E-state index in [1.165, 1.54) is 30.2 Å². The Morgan fingerprint density at radius 2 is 1.74 bits per heavy atom. The number of aryl methyl sites for hydroxylation is 1. The first-order chi connectivity index (χ1) is 17.1. The van der Waals surface area contributed by atoms with E-state index in [9.17, 15) is 4.79 Å². The van der Waals surface area contributed by atoms with Crippen molar-refractivity contribution in [2.45, 2.75) is 44.4 Å². The topological polar surface area (TPSA) is 63.9 Å². The summed E-state index contributed by atoms with van der Waals surface area (Å²) in [6, 6.07) is 22.6. The Hall–Kier alpha value is -3.45. The van der Waals surface area contributed by atoms with Gasteiger partial charge in [0.1, 0.15) is 0 Å². The zero-order valence-corrected chi connectivity index (χ0v) is 20.9. The normalized spacial score (nSPS) is 14.0. The van der Waals surface area contributed by atoms with Crippen molar-refractivity contribution in [3.63, 3.8) is 0 Å². The summed E-state index contributed by atoms with van der Waals surface area (Å²) < 4.78 is 2.03. The lowest BCUT2D eigenvalue weighted by Crippen LogP contribution is -2.40. The fourth-order valence-corrected chi connectivity index (χ4v) is 5.10. The third kappa shape index (κ3) is 5.46. The second-order valence-electron chi connectivity index (χ2n) is 9.09. The molecular formula is C28H29N5OS. The standard InChI is InChI=1S/C28H29N5OS/c1-20-8-12-25(13-9-20)33-27(24-14-16-29-17-15-24)30-31-28(33)35-19-26(34)32(21(2)23-10-11-23)18-22-6-4-3-5-7-22/h3-9,12-17,21,23H,10-11,18-19H2,1-2H3. The maximum atomic E-state index is 13.5. The van der Waals surface area contributed by atoms with Gasteiger partial charge in [-0.1, -0.05) is 59.8 Å². The van der Waals surface area contributed by atoms with Crippen molar-refractivity contribution in [2.75, 3.05) is 5.75 Å². The number of thioether (sulfide) groups is 1. The molecule has 5 rings (SSSR count). The second kappa shape index (κ2) is 10.4. The molecule has 2 aromatic heterocycles. The minimum absolute atomic E-state index is 0.127. The zero-order chi connectivity index (χ0) is 24.2. The highest BCUT2D eigenvalue weighted by molar-refractivity contribution is 7.99. The zero-order valence-electron chi connectivity index (χ0n) is 20.0. The summed E-state index contributed by atoms with van der Waals surface area (Å²) in [5.74, 6) is 1.77. The van der Waals surface area contributed by atoms with E-state index in [4.69, 9.17) is 0 Å². The number of amides is 1. The van der Waals surface area contributed by atoms with Gasteiger partial charge in [-0.15, -0.1) is 10.2 Å². The molecule has 1 fully saturated rings. The van der Waals surface area contributed by atoms with Gasteiger partial charge in [0.05, 0.1) is 5.75 Å². The fraction of sp³-hybridized carbons (Fsp3) is 0.286. The lowest BCUT2D eigenvalue weighted by Gasteiger charge is -2.29. The number of pyridine rings is 1. The highest BCUT2D eigenvalue weighted by Crippen LogP contribution is 2.36. The van der Waals surface area contributed by atoms with Gasteiger partial charge in [0.2, 0.25) is 5.91 Å². The lowest BCUT2D eigenvalue weighted by molar-refractivity contribution is -0.131. The van der Waals surface area contributed by atoms with Crippen LogP contribution in [-0.4, -0.2) is 42.4 Å². The molecule has 2 heterocycles. The Morgan fingerprint density at radius 1 is 1.03 bits per heavy atom. The van der Waals surface area contributed by atoms with Crippen LogP contribution in [0.15, 0.2) is 84.3 Å². The third-order valence-electron chi connectivity index (χ3n) is 6.50. The highest BCUT2D eigenvalue weighted by atomic mass is 32.2. The maximum Gasteiger partial charge on any atom is 0.233 e. The summed E-state index contributed by atoms with van der Waals surface area (Å²) in [5.41, 5.74) is 4.23. The third-order valence-corrected chi connectivity index (χ3v) is 7.41. The predicted octanol–water partition coefficient (Wildman–Crippen LogP) is 5.56. The fourth-order valence-electron chi connectivity index (χ4n) is 4.26. The number of benzene rings is 2. The summed E-state index contributed by atoms with van der Waals surface area (Å²) in [4.78, 5) is 19.7. The quantitative estimate of drug-likeness (QED) is 0.292. The van der Waals surface area contributed by atoms with E-state index in [-0.39, 0.29) is 11.9 Å². The van der Waals surface area contributed by atoms with Crippen LogP contribution in [0.2, 0.25) is 0 Å². The molecule has 0 radical (unpaired) electrons. The monoisotopic (exact) mass is 483 g/mol. The van der Waals surface area contributed by atoms with E-state index < -0.39 is 0 Å². The predicted molar refractivity (Wildman–Crippen MR) is 139 cm³/mol. The molecule has 6 nitrogen and oxygen atoms in total. The van der Waals surface area contributed by atoms with Crippen LogP contribution in [0.25, 0.3) is 17.1 Å². The number of hydrogen-bond acceptors (Lipinski definition) is 5. The molecule has 4 aromatic rings. The summed E-state index contributed by atoms with van der Waals surface area (Å²) >= 11 is 1.44. The molecule has 35 heavy (non-hydrogen) atoms. The first-order valence-corrected chi connectivity index (χ1v) is 13.0. The van der Waals surface area contributed by atoms with Crippen molar-refractivity contribution < 1.29 is 4.79 Å². The molecule has 178 valence electrons. The van der Waals surface area contributed by atoms with Crippen LogP contribution in [-0.2, 0) is 11.3 Å². The summed E-state index contributed by atoms with van der Waals surface area (Å²) in [6.07, 6.45) is 5.90. The van der Waals surface area contributed by atoms with E-state index in [1.807, 2.05) is 39.8 Å². The Bertz CT molecular complexity index is 1270. The molecule has 0 bridgehead atoms. The highest BCUT2D eigenvalue weighted by Gasteiger charge is 2.34. The van der Waals surface area contributed by atoms with E-state index in [0.717, 1.165) is 22.6 Å². The van der Waals surface area contributed by atoms with Crippen LogP contribution in [0.5, 0.6) is 0 Å². The maximum absolute atomic E-state index is 13.5. The van der Waals surface area contributed by atoms with Gasteiger partial charge < -0.3 is 4.90 Å². The number of carbonyl (C=O) groups is 1. The molecular weight excluding hydrogens is 454 g/mol. The Balaban J connectivity index is 1.40. The Kier molecular flexibility index (Phi) is 6.95. The van der Waals surface area contributed by atoms with Gasteiger partial charge >= 0.3 is 0 Å². The molecule has 0 aliphatic heterocycles. The van der Waals surface area contributed by atoms with Crippen molar-refractivity contribution in [3.8, 4) is 17.1 Å². The van der Waals surface area contributed by atoms with E-state index in [0.29, 0.717) is 23.4 Å². The van der Waals surface area contributed by atoms with Crippen molar-refractivity contribution in [1.29, 1.82) is 0 Å². The van der Waals surface area contributed by atoms with Crippen LogP contribution >= 0.6 is 11.8 Å². The number of rotatable bonds is 9.